The Morgan fingerprint density at radius 1 is 1.04 bits per heavy atom. The summed E-state index contributed by atoms with van der Waals surface area (Å²) in [6.07, 6.45) is 1.10. The summed E-state index contributed by atoms with van der Waals surface area (Å²) in [5.41, 5.74) is 2.12. The molecule has 0 aromatic heterocycles. The molecule has 1 aliphatic rings. The van der Waals surface area contributed by atoms with Crippen LogP contribution in [-0.4, -0.2) is 43.7 Å². The summed E-state index contributed by atoms with van der Waals surface area (Å²) >= 11 is 0. The van der Waals surface area contributed by atoms with Crippen molar-refractivity contribution >= 4 is 15.9 Å². The Morgan fingerprint density at radius 2 is 1.61 bits per heavy atom. The van der Waals surface area contributed by atoms with Gasteiger partial charge in [-0.1, -0.05) is 48.0 Å². The van der Waals surface area contributed by atoms with Crippen LogP contribution in [0.25, 0.3) is 0 Å². The van der Waals surface area contributed by atoms with Crippen molar-refractivity contribution in [3.63, 3.8) is 0 Å². The highest BCUT2D eigenvalue weighted by atomic mass is 32.2. The molecule has 1 amide bonds. The average Bonchev–Trinajstić information content (AvgIpc) is 2.73. The second kappa shape index (κ2) is 8.45. The van der Waals surface area contributed by atoms with Crippen molar-refractivity contribution in [1.29, 1.82) is 0 Å². The van der Waals surface area contributed by atoms with Gasteiger partial charge in [0.15, 0.2) is 0 Å². The van der Waals surface area contributed by atoms with Crippen LogP contribution >= 0.6 is 0 Å². The van der Waals surface area contributed by atoms with E-state index in [0.717, 1.165) is 11.1 Å². The van der Waals surface area contributed by atoms with Gasteiger partial charge < -0.3 is 4.90 Å². The van der Waals surface area contributed by atoms with Crippen LogP contribution in [0.2, 0.25) is 0 Å². The highest BCUT2D eigenvalue weighted by Gasteiger charge is 2.34. The molecule has 150 valence electrons. The normalized spacial score (nSPS) is 17.2. The predicted molar refractivity (Wildman–Crippen MR) is 110 cm³/mol. The van der Waals surface area contributed by atoms with E-state index in [4.69, 9.17) is 0 Å². The number of hydrogen-bond acceptors (Lipinski definition) is 3. The summed E-state index contributed by atoms with van der Waals surface area (Å²) in [5, 5.41) is 0. The molecule has 5 nitrogen and oxygen atoms in total. The van der Waals surface area contributed by atoms with Gasteiger partial charge in [-0.05, 0) is 44.4 Å². The topological polar surface area (TPSA) is 57.7 Å². The Morgan fingerprint density at radius 3 is 2.18 bits per heavy atom. The second-order valence-corrected chi connectivity index (χ2v) is 9.47. The zero-order valence-corrected chi connectivity index (χ0v) is 17.5. The lowest BCUT2D eigenvalue weighted by Gasteiger charge is -2.34. The Kier molecular flexibility index (Phi) is 6.20. The maximum absolute atomic E-state index is 12.9. The van der Waals surface area contributed by atoms with E-state index in [2.05, 4.69) is 0 Å². The van der Waals surface area contributed by atoms with Crippen molar-refractivity contribution < 1.29 is 13.2 Å². The summed E-state index contributed by atoms with van der Waals surface area (Å²) < 4.78 is 27.2. The Labute approximate surface area is 168 Å². The van der Waals surface area contributed by atoms with E-state index in [1.54, 1.807) is 17.0 Å². The third-order valence-electron chi connectivity index (χ3n) is 5.67. The number of carbonyl (C=O) groups is 1. The number of rotatable bonds is 5. The maximum atomic E-state index is 12.9. The number of hydrogen-bond donors (Lipinski definition) is 0. The molecule has 1 unspecified atom stereocenters. The fourth-order valence-corrected chi connectivity index (χ4v) is 5.11. The molecule has 1 fully saturated rings. The minimum Gasteiger partial charge on any atom is -0.339 e. The molecule has 0 N–H and O–H groups in total. The van der Waals surface area contributed by atoms with Gasteiger partial charge in [-0.25, -0.2) is 8.42 Å². The fraction of sp³-hybridized carbons (Fsp3) is 0.409. The molecule has 1 aliphatic heterocycles. The molecule has 0 spiro atoms. The molecular weight excluding hydrogens is 372 g/mol. The van der Waals surface area contributed by atoms with Crippen LogP contribution in [-0.2, 0) is 14.8 Å². The number of sulfonamides is 1. The molecule has 2 aromatic rings. The predicted octanol–water partition coefficient (Wildman–Crippen LogP) is 3.62. The summed E-state index contributed by atoms with van der Waals surface area (Å²) in [6.45, 7) is 4.70. The van der Waals surface area contributed by atoms with E-state index >= 15 is 0 Å². The first-order valence-corrected chi connectivity index (χ1v) is 11.1. The summed E-state index contributed by atoms with van der Waals surface area (Å²) in [4.78, 5) is 15.0. The lowest BCUT2D eigenvalue weighted by Crippen LogP contribution is -2.43. The van der Waals surface area contributed by atoms with Crippen LogP contribution in [0.4, 0.5) is 0 Å². The monoisotopic (exact) mass is 400 g/mol. The number of aryl methyl sites for hydroxylation is 1. The summed E-state index contributed by atoms with van der Waals surface area (Å²) in [7, 11) is -1.67. The minimum atomic E-state index is -3.50. The average molecular weight is 401 g/mol. The van der Waals surface area contributed by atoms with Gasteiger partial charge in [0.2, 0.25) is 15.9 Å². The number of amides is 1. The smallest absolute Gasteiger partial charge is 0.243 e. The molecule has 28 heavy (non-hydrogen) atoms. The molecule has 6 heteroatoms. The zero-order chi connectivity index (χ0) is 20.3. The zero-order valence-electron chi connectivity index (χ0n) is 16.7. The molecule has 0 aliphatic carbocycles. The molecule has 1 atom stereocenters. The van der Waals surface area contributed by atoms with Crippen molar-refractivity contribution in [2.75, 3.05) is 20.1 Å². The van der Waals surface area contributed by atoms with Gasteiger partial charge in [0.25, 0.3) is 0 Å². The summed E-state index contributed by atoms with van der Waals surface area (Å²) in [6, 6.07) is 16.8. The highest BCUT2D eigenvalue weighted by Crippen LogP contribution is 2.27. The van der Waals surface area contributed by atoms with E-state index in [1.165, 1.54) is 4.31 Å². The highest BCUT2D eigenvalue weighted by molar-refractivity contribution is 7.89. The molecule has 0 bridgehead atoms. The number of benzene rings is 2. The van der Waals surface area contributed by atoms with Crippen molar-refractivity contribution in [3.8, 4) is 0 Å². The molecule has 3 rings (SSSR count). The molecule has 1 heterocycles. The Hall–Kier alpha value is -2.18. The van der Waals surface area contributed by atoms with Gasteiger partial charge >= 0.3 is 0 Å². The fourth-order valence-electron chi connectivity index (χ4n) is 3.64. The third kappa shape index (κ3) is 4.28. The first-order chi connectivity index (χ1) is 13.3. The summed E-state index contributed by atoms with van der Waals surface area (Å²) in [5.74, 6) is -0.0515. The van der Waals surface area contributed by atoms with Gasteiger partial charge in [-0.15, -0.1) is 0 Å². The lowest BCUT2D eigenvalue weighted by atomic mass is 9.95. The molecule has 1 saturated heterocycles. The van der Waals surface area contributed by atoms with Crippen molar-refractivity contribution in [1.82, 2.24) is 9.21 Å². The quantitative estimate of drug-likeness (QED) is 0.770. The van der Waals surface area contributed by atoms with E-state index < -0.39 is 10.0 Å². The SMILES string of the molecule is Cc1ccc(S(=O)(=O)N2CCC(C(=O)N(C)C(C)c3ccccc3)CC2)cc1. The maximum Gasteiger partial charge on any atom is 0.243 e. The van der Waals surface area contributed by atoms with Gasteiger partial charge in [0, 0.05) is 26.1 Å². The molecule has 0 saturated carbocycles. The number of nitrogens with zero attached hydrogens (tertiary/aromatic N) is 2. The van der Waals surface area contributed by atoms with Crippen LogP contribution in [0, 0.1) is 12.8 Å². The van der Waals surface area contributed by atoms with Crippen LogP contribution in [0.3, 0.4) is 0 Å². The second-order valence-electron chi connectivity index (χ2n) is 7.53. The van der Waals surface area contributed by atoms with E-state index in [0.29, 0.717) is 30.8 Å². The van der Waals surface area contributed by atoms with Crippen LogP contribution in [0.1, 0.15) is 36.9 Å². The van der Waals surface area contributed by atoms with Gasteiger partial charge in [-0.3, -0.25) is 4.79 Å². The molecular formula is C22H28N2O3S. The third-order valence-corrected chi connectivity index (χ3v) is 7.59. The standard InChI is InChI=1S/C22H28N2O3S/c1-17-9-11-21(12-10-17)28(26,27)24-15-13-20(14-16-24)22(25)23(3)18(2)19-7-5-4-6-8-19/h4-12,18,20H,13-16H2,1-3H3. The largest absolute Gasteiger partial charge is 0.339 e. The number of piperidine rings is 1. The van der Waals surface area contributed by atoms with Crippen molar-refractivity contribution in [2.45, 2.75) is 37.6 Å². The Balaban J connectivity index is 1.63. The number of carbonyl (C=O) groups excluding carboxylic acids is 1. The van der Waals surface area contributed by atoms with Crippen LogP contribution in [0.15, 0.2) is 59.5 Å². The van der Waals surface area contributed by atoms with Gasteiger partial charge in [-0.2, -0.15) is 4.31 Å². The lowest BCUT2D eigenvalue weighted by molar-refractivity contribution is -0.137. The Bertz CT molecular complexity index is 903. The first kappa shape index (κ1) is 20.6. The first-order valence-electron chi connectivity index (χ1n) is 9.69. The van der Waals surface area contributed by atoms with Crippen molar-refractivity contribution in [2.24, 2.45) is 5.92 Å². The molecule has 2 aromatic carbocycles. The van der Waals surface area contributed by atoms with Gasteiger partial charge in [0.1, 0.15) is 0 Å². The van der Waals surface area contributed by atoms with E-state index in [9.17, 15) is 13.2 Å². The van der Waals surface area contributed by atoms with E-state index in [-0.39, 0.29) is 17.9 Å². The minimum absolute atomic E-state index is 0.0111. The van der Waals surface area contributed by atoms with Crippen molar-refractivity contribution in [3.05, 3.63) is 65.7 Å². The van der Waals surface area contributed by atoms with Crippen LogP contribution < -0.4 is 0 Å². The van der Waals surface area contributed by atoms with Gasteiger partial charge in [0.05, 0.1) is 10.9 Å². The van der Waals surface area contributed by atoms with E-state index in [1.807, 2.05) is 63.4 Å². The van der Waals surface area contributed by atoms with Crippen LogP contribution in [0.5, 0.6) is 0 Å². The molecule has 0 radical (unpaired) electrons.